The summed E-state index contributed by atoms with van der Waals surface area (Å²) in [4.78, 5) is 15.9. The molecule has 0 atom stereocenters. The monoisotopic (exact) mass is 428 g/mol. The van der Waals surface area contributed by atoms with Crippen molar-refractivity contribution >= 4 is 36.0 Å². The lowest BCUT2D eigenvalue weighted by molar-refractivity contribution is 0.0529. The van der Waals surface area contributed by atoms with Crippen LogP contribution in [-0.2, 0) is 4.74 Å². The van der Waals surface area contributed by atoms with E-state index in [1.54, 1.807) is 0 Å². The average Bonchev–Trinajstić information content (AvgIpc) is 2.31. The Kier molecular flexibility index (Phi) is 13.7. The maximum absolute atomic E-state index is 11.5. The van der Waals surface area contributed by atoms with Gasteiger partial charge in [-0.2, -0.15) is 0 Å². The maximum atomic E-state index is 11.5. The highest BCUT2D eigenvalue weighted by Crippen LogP contribution is 2.05. The Balaban J connectivity index is 0. The molecule has 0 radical (unpaired) electrons. The van der Waals surface area contributed by atoms with Crippen molar-refractivity contribution in [2.75, 3.05) is 26.2 Å². The Hall–Kier alpha value is -0.730. The van der Waals surface area contributed by atoms with Gasteiger partial charge in [-0.1, -0.05) is 13.8 Å². The van der Waals surface area contributed by atoms with Crippen molar-refractivity contribution in [2.45, 2.75) is 53.6 Å². The minimum Gasteiger partial charge on any atom is -0.444 e. The fourth-order valence-corrected chi connectivity index (χ4v) is 1.44. The van der Waals surface area contributed by atoms with Crippen molar-refractivity contribution in [3.63, 3.8) is 0 Å². The molecule has 0 aromatic carbocycles. The summed E-state index contributed by atoms with van der Waals surface area (Å²) in [5.41, 5.74) is -0.468. The zero-order valence-electron chi connectivity index (χ0n) is 14.8. The highest BCUT2D eigenvalue weighted by molar-refractivity contribution is 14.0. The van der Waals surface area contributed by atoms with Crippen molar-refractivity contribution in [3.05, 3.63) is 0 Å². The standard InChI is InChI=1S/C15H32N4O2.HI/c1-7-16-13(17-9-8-12(2)3)18-10-11-19-14(20)21-15(4,5)6;/h12H,7-11H2,1-6H3,(H,19,20)(H2,16,17,18);1H. The number of carbonyl (C=O) groups excluding carboxylic acids is 1. The van der Waals surface area contributed by atoms with Crippen LogP contribution in [-0.4, -0.2) is 43.8 Å². The van der Waals surface area contributed by atoms with Crippen LogP contribution in [0.4, 0.5) is 4.79 Å². The molecule has 3 N–H and O–H groups in total. The number of nitrogens with zero attached hydrogens (tertiary/aromatic N) is 1. The molecule has 0 aliphatic carbocycles. The predicted molar refractivity (Wildman–Crippen MR) is 103 cm³/mol. The molecule has 0 aliphatic heterocycles. The predicted octanol–water partition coefficient (Wildman–Crippen LogP) is 2.73. The number of alkyl carbamates (subject to hydrolysis) is 1. The average molecular weight is 428 g/mol. The van der Waals surface area contributed by atoms with Crippen LogP contribution in [0.1, 0.15) is 48.0 Å². The van der Waals surface area contributed by atoms with Crippen LogP contribution in [0.15, 0.2) is 4.99 Å². The molecule has 0 aromatic heterocycles. The molecule has 0 fully saturated rings. The van der Waals surface area contributed by atoms with Crippen LogP contribution >= 0.6 is 24.0 Å². The number of guanidine groups is 1. The lowest BCUT2D eigenvalue weighted by Crippen LogP contribution is -2.42. The number of aliphatic imine (C=N–C) groups is 1. The normalized spacial score (nSPS) is 11.7. The molecule has 0 spiro atoms. The summed E-state index contributed by atoms with van der Waals surface area (Å²) >= 11 is 0. The number of carbonyl (C=O) groups is 1. The first kappa shape index (κ1) is 23.5. The molecule has 7 heteroatoms. The summed E-state index contributed by atoms with van der Waals surface area (Å²) in [6, 6.07) is 0. The van der Waals surface area contributed by atoms with Crippen LogP contribution in [0, 0.1) is 5.92 Å². The minimum atomic E-state index is -0.468. The summed E-state index contributed by atoms with van der Waals surface area (Å²) in [6.07, 6.45) is 0.665. The molecule has 0 heterocycles. The van der Waals surface area contributed by atoms with Gasteiger partial charge < -0.3 is 20.7 Å². The highest BCUT2D eigenvalue weighted by Gasteiger charge is 2.15. The maximum Gasteiger partial charge on any atom is 0.407 e. The highest BCUT2D eigenvalue weighted by atomic mass is 127. The number of ether oxygens (including phenoxy) is 1. The van der Waals surface area contributed by atoms with E-state index >= 15 is 0 Å². The Labute approximate surface area is 152 Å². The molecule has 6 nitrogen and oxygen atoms in total. The van der Waals surface area contributed by atoms with Crippen LogP contribution in [0.2, 0.25) is 0 Å². The van der Waals surface area contributed by atoms with Gasteiger partial charge in [-0.3, -0.25) is 4.99 Å². The summed E-state index contributed by atoms with van der Waals surface area (Å²) < 4.78 is 5.16. The van der Waals surface area contributed by atoms with Crippen LogP contribution < -0.4 is 16.0 Å². The van der Waals surface area contributed by atoms with E-state index in [9.17, 15) is 4.79 Å². The SMILES string of the molecule is CCNC(=NCCC(C)C)NCCNC(=O)OC(C)(C)C.I. The fourth-order valence-electron chi connectivity index (χ4n) is 1.44. The zero-order chi connectivity index (χ0) is 16.3. The molecule has 0 aliphatic rings. The lowest BCUT2D eigenvalue weighted by Gasteiger charge is -2.20. The molecule has 0 aromatic rings. The van der Waals surface area contributed by atoms with E-state index in [4.69, 9.17) is 4.74 Å². The zero-order valence-corrected chi connectivity index (χ0v) is 17.1. The van der Waals surface area contributed by atoms with Crippen molar-refractivity contribution in [1.29, 1.82) is 0 Å². The topological polar surface area (TPSA) is 74.8 Å². The molecule has 0 saturated heterocycles. The quantitative estimate of drug-likeness (QED) is 0.252. The van der Waals surface area contributed by atoms with E-state index in [0.717, 1.165) is 25.5 Å². The molecule has 22 heavy (non-hydrogen) atoms. The first-order valence-corrected chi connectivity index (χ1v) is 7.73. The van der Waals surface area contributed by atoms with Crippen LogP contribution in [0.25, 0.3) is 0 Å². The van der Waals surface area contributed by atoms with Gasteiger partial charge in [-0.25, -0.2) is 4.79 Å². The van der Waals surface area contributed by atoms with E-state index in [1.165, 1.54) is 0 Å². The van der Waals surface area contributed by atoms with Crippen molar-refractivity contribution in [1.82, 2.24) is 16.0 Å². The largest absolute Gasteiger partial charge is 0.444 e. The molecule has 0 bridgehead atoms. The Bertz CT molecular complexity index is 328. The van der Waals surface area contributed by atoms with E-state index in [1.807, 2.05) is 27.7 Å². The third-order valence-electron chi connectivity index (χ3n) is 2.41. The number of amides is 1. The number of rotatable bonds is 7. The van der Waals surface area contributed by atoms with E-state index in [2.05, 4.69) is 34.8 Å². The van der Waals surface area contributed by atoms with Gasteiger partial charge in [-0.15, -0.1) is 24.0 Å². The number of hydrogen-bond donors (Lipinski definition) is 3. The van der Waals surface area contributed by atoms with Gasteiger partial charge in [0.15, 0.2) is 5.96 Å². The van der Waals surface area contributed by atoms with Crippen molar-refractivity contribution in [3.8, 4) is 0 Å². The number of nitrogens with one attached hydrogen (secondary N) is 3. The molecular formula is C15H33IN4O2. The van der Waals surface area contributed by atoms with Crippen LogP contribution in [0.5, 0.6) is 0 Å². The van der Waals surface area contributed by atoms with Crippen molar-refractivity contribution in [2.24, 2.45) is 10.9 Å². The lowest BCUT2D eigenvalue weighted by atomic mass is 10.1. The van der Waals surface area contributed by atoms with Gasteiger partial charge >= 0.3 is 6.09 Å². The van der Waals surface area contributed by atoms with E-state index in [-0.39, 0.29) is 24.0 Å². The van der Waals surface area contributed by atoms with E-state index in [0.29, 0.717) is 19.0 Å². The summed E-state index contributed by atoms with van der Waals surface area (Å²) in [5.74, 6) is 1.43. The van der Waals surface area contributed by atoms with E-state index < -0.39 is 11.7 Å². The molecule has 1 amide bonds. The second-order valence-corrected chi connectivity index (χ2v) is 6.30. The van der Waals surface area contributed by atoms with Crippen molar-refractivity contribution < 1.29 is 9.53 Å². The third-order valence-corrected chi connectivity index (χ3v) is 2.41. The summed E-state index contributed by atoms with van der Waals surface area (Å²) in [7, 11) is 0. The second kappa shape index (κ2) is 12.8. The van der Waals surface area contributed by atoms with Gasteiger partial charge in [-0.05, 0) is 40.0 Å². The first-order chi connectivity index (χ1) is 9.74. The molecular weight excluding hydrogens is 395 g/mol. The number of hydrogen-bond acceptors (Lipinski definition) is 3. The van der Waals surface area contributed by atoms with Gasteiger partial charge in [0.05, 0.1) is 0 Å². The van der Waals surface area contributed by atoms with Gasteiger partial charge in [0.1, 0.15) is 5.60 Å². The molecule has 0 unspecified atom stereocenters. The summed E-state index contributed by atoms with van der Waals surface area (Å²) in [6.45, 7) is 14.6. The molecule has 132 valence electrons. The smallest absolute Gasteiger partial charge is 0.407 e. The summed E-state index contributed by atoms with van der Waals surface area (Å²) in [5, 5.41) is 9.06. The van der Waals surface area contributed by atoms with Gasteiger partial charge in [0.2, 0.25) is 0 Å². The van der Waals surface area contributed by atoms with Gasteiger partial charge in [0.25, 0.3) is 0 Å². The molecule has 0 rings (SSSR count). The fraction of sp³-hybridized carbons (Fsp3) is 0.867. The van der Waals surface area contributed by atoms with Gasteiger partial charge in [0, 0.05) is 26.2 Å². The molecule has 0 saturated carbocycles. The Morgan fingerprint density at radius 3 is 2.23 bits per heavy atom. The number of halogens is 1. The Morgan fingerprint density at radius 2 is 1.73 bits per heavy atom. The first-order valence-electron chi connectivity index (χ1n) is 7.73. The second-order valence-electron chi connectivity index (χ2n) is 6.30. The van der Waals surface area contributed by atoms with Crippen LogP contribution in [0.3, 0.4) is 0 Å². The third kappa shape index (κ3) is 15.7. The Morgan fingerprint density at radius 1 is 1.14 bits per heavy atom. The minimum absolute atomic E-state index is 0.